The van der Waals surface area contributed by atoms with Gasteiger partial charge in [0.1, 0.15) is 11.2 Å². The standard InChI is InChI=1S/C47H45NO/c1-47(2)42-22-21-38-37-5-3-4-6-44(37)49-46(38)45(42)39-20-19-36(27-43(39)47)48(34-15-11-30(12-16-34)40-25-28-7-9-32(40)23-28)35-17-13-31(14-18-35)41-26-29-8-10-33(41)24-29/h3-6,11-22,27-29,32-33,40-41H,7-10,23-26H2,1-2H3. The zero-order valence-electron chi connectivity index (χ0n) is 28.8. The Morgan fingerprint density at radius 1 is 0.571 bits per heavy atom. The molecule has 6 aromatic rings. The first kappa shape index (κ1) is 28.5. The first-order chi connectivity index (χ1) is 24.0. The van der Waals surface area contributed by atoms with E-state index in [1.165, 1.54) is 101 Å². The summed E-state index contributed by atoms with van der Waals surface area (Å²) < 4.78 is 6.59. The highest BCUT2D eigenvalue weighted by Gasteiger charge is 2.42. The third kappa shape index (κ3) is 4.19. The molecule has 4 saturated carbocycles. The molecule has 49 heavy (non-hydrogen) atoms. The molecule has 2 heteroatoms. The minimum Gasteiger partial charge on any atom is -0.455 e. The van der Waals surface area contributed by atoms with E-state index in [1.807, 2.05) is 0 Å². The summed E-state index contributed by atoms with van der Waals surface area (Å²) in [5, 5.41) is 2.40. The number of anilines is 3. The highest BCUT2D eigenvalue weighted by molar-refractivity contribution is 6.11. The van der Waals surface area contributed by atoms with Crippen molar-refractivity contribution in [2.75, 3.05) is 4.90 Å². The average Bonchev–Trinajstić information content (AvgIpc) is 4.00. The Bertz CT molecular complexity index is 2180. The van der Waals surface area contributed by atoms with Gasteiger partial charge in [-0.2, -0.15) is 0 Å². The van der Waals surface area contributed by atoms with Crippen molar-refractivity contribution in [1.29, 1.82) is 0 Å². The van der Waals surface area contributed by atoms with Crippen LogP contribution in [-0.2, 0) is 5.41 Å². The molecule has 5 aliphatic carbocycles. The monoisotopic (exact) mass is 639 g/mol. The lowest BCUT2D eigenvalue weighted by molar-refractivity contribution is 0.420. The molecule has 4 bridgehead atoms. The maximum absolute atomic E-state index is 6.59. The third-order valence-electron chi connectivity index (χ3n) is 14.1. The van der Waals surface area contributed by atoms with Crippen LogP contribution >= 0.6 is 0 Å². The topological polar surface area (TPSA) is 16.4 Å². The number of para-hydroxylation sites is 1. The van der Waals surface area contributed by atoms with Crippen molar-refractivity contribution < 1.29 is 4.42 Å². The number of benzene rings is 5. The van der Waals surface area contributed by atoms with Crippen molar-refractivity contribution in [1.82, 2.24) is 0 Å². The van der Waals surface area contributed by atoms with Gasteiger partial charge in [-0.25, -0.2) is 0 Å². The Labute approximate surface area is 290 Å². The summed E-state index contributed by atoms with van der Waals surface area (Å²) in [5.41, 5.74) is 13.9. The van der Waals surface area contributed by atoms with Crippen LogP contribution in [-0.4, -0.2) is 0 Å². The van der Waals surface area contributed by atoms with E-state index in [0.717, 1.165) is 46.7 Å². The molecule has 0 saturated heterocycles. The van der Waals surface area contributed by atoms with Gasteiger partial charge in [-0.3, -0.25) is 0 Å². The molecule has 4 fully saturated rings. The largest absolute Gasteiger partial charge is 0.455 e. The number of nitrogens with zero attached hydrogens (tertiary/aromatic N) is 1. The maximum Gasteiger partial charge on any atom is 0.143 e. The fraction of sp³-hybridized carbons (Fsp3) is 0.362. The summed E-state index contributed by atoms with van der Waals surface area (Å²) in [4.78, 5) is 2.51. The Balaban J connectivity index is 1.02. The van der Waals surface area contributed by atoms with Crippen LogP contribution in [0.15, 0.2) is 108 Å². The van der Waals surface area contributed by atoms with Crippen molar-refractivity contribution in [3.8, 4) is 11.1 Å². The predicted octanol–water partition coefficient (Wildman–Crippen LogP) is 13.2. The maximum atomic E-state index is 6.59. The van der Waals surface area contributed by atoms with E-state index in [-0.39, 0.29) is 5.41 Å². The van der Waals surface area contributed by atoms with Crippen molar-refractivity contribution in [3.63, 3.8) is 0 Å². The molecule has 0 radical (unpaired) electrons. The summed E-state index contributed by atoms with van der Waals surface area (Å²) in [6.07, 6.45) is 11.4. The molecular weight excluding hydrogens is 595 g/mol. The van der Waals surface area contributed by atoms with Crippen LogP contribution in [0, 0.1) is 23.7 Å². The Hall–Kier alpha value is -4.30. The van der Waals surface area contributed by atoms with Crippen LogP contribution in [0.25, 0.3) is 33.1 Å². The molecule has 6 atom stereocenters. The molecule has 5 aliphatic rings. The van der Waals surface area contributed by atoms with E-state index < -0.39 is 0 Å². The van der Waals surface area contributed by atoms with Crippen LogP contribution in [0.2, 0.25) is 0 Å². The lowest BCUT2D eigenvalue weighted by Crippen LogP contribution is -2.17. The van der Waals surface area contributed by atoms with Gasteiger partial charge >= 0.3 is 0 Å². The first-order valence-corrected chi connectivity index (χ1v) is 19.1. The molecule has 6 unspecified atom stereocenters. The lowest BCUT2D eigenvalue weighted by Gasteiger charge is -2.29. The van der Waals surface area contributed by atoms with Gasteiger partial charge in [0.25, 0.3) is 0 Å². The van der Waals surface area contributed by atoms with Crippen molar-refractivity contribution in [2.24, 2.45) is 23.7 Å². The van der Waals surface area contributed by atoms with Gasteiger partial charge in [-0.1, -0.05) is 87.4 Å². The van der Waals surface area contributed by atoms with Gasteiger partial charge in [0.05, 0.1) is 0 Å². The molecule has 11 rings (SSSR count). The molecule has 1 aromatic heterocycles. The molecular formula is C47H45NO. The lowest BCUT2D eigenvalue weighted by atomic mass is 9.82. The molecule has 0 aliphatic heterocycles. The molecule has 5 aromatic carbocycles. The molecule has 2 nitrogen and oxygen atoms in total. The van der Waals surface area contributed by atoms with E-state index in [9.17, 15) is 0 Å². The highest BCUT2D eigenvalue weighted by atomic mass is 16.3. The quantitative estimate of drug-likeness (QED) is 0.187. The second-order valence-electron chi connectivity index (χ2n) is 16.9. The van der Waals surface area contributed by atoms with E-state index >= 15 is 0 Å². The minimum absolute atomic E-state index is 0.142. The van der Waals surface area contributed by atoms with Gasteiger partial charge in [0, 0.05) is 38.8 Å². The van der Waals surface area contributed by atoms with Gasteiger partial charge in [0.2, 0.25) is 0 Å². The normalized spacial score (nSPS) is 27.3. The number of rotatable bonds is 5. The van der Waals surface area contributed by atoms with E-state index in [2.05, 4.69) is 122 Å². The third-order valence-corrected chi connectivity index (χ3v) is 14.1. The van der Waals surface area contributed by atoms with Gasteiger partial charge in [-0.15, -0.1) is 0 Å². The second kappa shape index (κ2) is 10.4. The number of furan rings is 1. The molecule has 0 spiro atoms. The average molecular weight is 640 g/mol. The summed E-state index contributed by atoms with van der Waals surface area (Å²) in [6.45, 7) is 4.77. The molecule has 0 N–H and O–H groups in total. The Morgan fingerprint density at radius 2 is 1.18 bits per heavy atom. The van der Waals surface area contributed by atoms with Crippen LogP contribution in [0.3, 0.4) is 0 Å². The summed E-state index contributed by atoms with van der Waals surface area (Å²) in [7, 11) is 0. The molecule has 0 amide bonds. The smallest absolute Gasteiger partial charge is 0.143 e. The number of hydrogen-bond donors (Lipinski definition) is 0. The van der Waals surface area contributed by atoms with E-state index in [1.54, 1.807) is 11.1 Å². The van der Waals surface area contributed by atoms with Crippen molar-refractivity contribution in [3.05, 3.63) is 125 Å². The summed E-state index contributed by atoms with van der Waals surface area (Å²) in [5.74, 6) is 5.19. The number of hydrogen-bond acceptors (Lipinski definition) is 2. The Morgan fingerprint density at radius 3 is 1.78 bits per heavy atom. The zero-order valence-corrected chi connectivity index (χ0v) is 28.8. The summed E-state index contributed by atoms with van der Waals surface area (Å²) >= 11 is 0. The minimum atomic E-state index is -0.142. The van der Waals surface area contributed by atoms with Crippen molar-refractivity contribution >= 4 is 39.0 Å². The van der Waals surface area contributed by atoms with E-state index in [0.29, 0.717) is 0 Å². The van der Waals surface area contributed by atoms with Crippen LogP contribution in [0.4, 0.5) is 17.1 Å². The molecule has 1 heterocycles. The zero-order chi connectivity index (χ0) is 32.4. The number of fused-ring (bicyclic) bond motifs is 11. The van der Waals surface area contributed by atoms with Crippen molar-refractivity contribution in [2.45, 2.75) is 82.5 Å². The first-order valence-electron chi connectivity index (χ1n) is 19.1. The fourth-order valence-electron chi connectivity index (χ4n) is 11.6. The fourth-order valence-corrected chi connectivity index (χ4v) is 11.6. The van der Waals surface area contributed by atoms with Crippen LogP contribution in [0.1, 0.15) is 99.3 Å². The second-order valence-corrected chi connectivity index (χ2v) is 16.9. The van der Waals surface area contributed by atoms with Crippen LogP contribution in [0.5, 0.6) is 0 Å². The predicted molar refractivity (Wildman–Crippen MR) is 202 cm³/mol. The summed E-state index contributed by atoms with van der Waals surface area (Å²) in [6, 6.07) is 39.6. The molecule has 244 valence electrons. The van der Waals surface area contributed by atoms with Crippen LogP contribution < -0.4 is 4.90 Å². The SMILES string of the molecule is CC1(C)c2cc(N(c3ccc(C4CC5CCC4C5)cc3)c3ccc(C4CC5CCC4C5)cc3)ccc2-c2c1ccc1c2oc2ccccc21. The van der Waals surface area contributed by atoms with Gasteiger partial charge < -0.3 is 9.32 Å². The van der Waals surface area contributed by atoms with Gasteiger partial charge in [0.15, 0.2) is 0 Å². The van der Waals surface area contributed by atoms with Gasteiger partial charge in [-0.05, 0) is 144 Å². The van der Waals surface area contributed by atoms with E-state index in [4.69, 9.17) is 4.42 Å². The highest BCUT2D eigenvalue weighted by Crippen LogP contribution is 2.56. The Kier molecular flexibility index (Phi) is 6.03.